The van der Waals surface area contributed by atoms with Crippen LogP contribution in [0.2, 0.25) is 5.02 Å². The quantitative estimate of drug-likeness (QED) is 0.301. The van der Waals surface area contributed by atoms with E-state index in [-0.39, 0.29) is 16.5 Å². The third kappa shape index (κ3) is 4.85. The summed E-state index contributed by atoms with van der Waals surface area (Å²) in [5.41, 5.74) is -0.439. The molecule has 0 atom stereocenters. The van der Waals surface area contributed by atoms with E-state index in [0.29, 0.717) is 34.6 Å². The monoisotopic (exact) mass is 510 g/mol. The molecule has 0 unspecified atom stereocenters. The highest BCUT2D eigenvalue weighted by molar-refractivity contribution is 7.99. The largest absolute Gasteiger partial charge is 0.493 e. The minimum atomic E-state index is -4.55. The topological polar surface area (TPSA) is 82.2 Å². The van der Waals surface area contributed by atoms with Crippen molar-refractivity contribution in [2.24, 2.45) is 0 Å². The molecular formula is C22H18ClF3N4O3S. The van der Waals surface area contributed by atoms with E-state index in [1.807, 2.05) is 25.1 Å². The number of amides is 1. The Bertz CT molecular complexity index is 1350. The molecule has 34 heavy (non-hydrogen) atoms. The van der Waals surface area contributed by atoms with Crippen molar-refractivity contribution in [3.63, 3.8) is 0 Å². The molecule has 0 aliphatic rings. The summed E-state index contributed by atoms with van der Waals surface area (Å²) in [6, 6.07) is 10.1. The third-order valence-corrected chi connectivity index (χ3v) is 6.18. The van der Waals surface area contributed by atoms with Gasteiger partial charge in [0.15, 0.2) is 22.2 Å². The molecule has 0 saturated carbocycles. The first kappa shape index (κ1) is 24.0. The molecule has 2 heterocycles. The normalized spacial score (nSPS) is 11.7. The SMILES string of the molecule is CCn1c(SCC(=O)Nc2cc(C(F)(F)F)ccc2Cl)nnc1-c1cc2cccc(OC)c2o1. The molecule has 2 aromatic carbocycles. The van der Waals surface area contributed by atoms with Crippen molar-refractivity contribution in [3.05, 3.63) is 53.1 Å². The van der Waals surface area contributed by atoms with Crippen molar-refractivity contribution in [2.75, 3.05) is 18.2 Å². The van der Waals surface area contributed by atoms with Crippen LogP contribution in [0.4, 0.5) is 18.9 Å². The number of methoxy groups -OCH3 is 1. The van der Waals surface area contributed by atoms with E-state index in [1.54, 1.807) is 17.7 Å². The molecule has 0 aliphatic heterocycles. The maximum absolute atomic E-state index is 12.9. The van der Waals surface area contributed by atoms with Crippen molar-refractivity contribution in [1.29, 1.82) is 0 Å². The number of fused-ring (bicyclic) bond motifs is 1. The number of nitrogens with one attached hydrogen (secondary N) is 1. The Morgan fingerprint density at radius 3 is 2.74 bits per heavy atom. The number of carbonyl (C=O) groups excluding carboxylic acids is 1. The van der Waals surface area contributed by atoms with E-state index >= 15 is 0 Å². The number of hydrogen-bond acceptors (Lipinski definition) is 6. The molecule has 0 spiro atoms. The number of furan rings is 1. The Morgan fingerprint density at radius 2 is 2.03 bits per heavy atom. The standard InChI is InChI=1S/C22H18ClF3N4O3S/c1-3-30-20(17-9-12-5-4-6-16(32-2)19(12)33-17)28-29-21(30)34-11-18(31)27-15-10-13(22(24,25)26)7-8-14(15)23/h4-10H,3,11H2,1-2H3,(H,27,31). The number of carbonyl (C=O) groups is 1. The van der Waals surface area contributed by atoms with E-state index < -0.39 is 17.6 Å². The van der Waals surface area contributed by atoms with Crippen LogP contribution in [0.5, 0.6) is 5.75 Å². The molecule has 178 valence electrons. The number of benzene rings is 2. The Balaban J connectivity index is 1.50. The molecule has 4 rings (SSSR count). The van der Waals surface area contributed by atoms with E-state index in [0.717, 1.165) is 35.3 Å². The Morgan fingerprint density at radius 1 is 1.24 bits per heavy atom. The van der Waals surface area contributed by atoms with Gasteiger partial charge in [-0.25, -0.2) is 0 Å². The van der Waals surface area contributed by atoms with Gasteiger partial charge in [-0.2, -0.15) is 13.2 Å². The molecule has 0 bridgehead atoms. The second-order valence-corrected chi connectivity index (χ2v) is 8.42. The van der Waals surface area contributed by atoms with Crippen molar-refractivity contribution in [1.82, 2.24) is 14.8 Å². The summed E-state index contributed by atoms with van der Waals surface area (Å²) in [4.78, 5) is 12.4. The summed E-state index contributed by atoms with van der Waals surface area (Å²) in [5, 5.41) is 12.1. The number of aromatic nitrogens is 3. The number of anilines is 1. The highest BCUT2D eigenvalue weighted by Crippen LogP contribution is 2.35. The van der Waals surface area contributed by atoms with Gasteiger partial charge in [0.25, 0.3) is 0 Å². The minimum Gasteiger partial charge on any atom is -0.493 e. The van der Waals surface area contributed by atoms with E-state index in [4.69, 9.17) is 20.8 Å². The first-order valence-electron chi connectivity index (χ1n) is 10.0. The van der Waals surface area contributed by atoms with Crippen LogP contribution in [0.3, 0.4) is 0 Å². The van der Waals surface area contributed by atoms with Gasteiger partial charge in [-0.1, -0.05) is 35.5 Å². The fourth-order valence-electron chi connectivity index (χ4n) is 3.28. The maximum atomic E-state index is 12.9. The maximum Gasteiger partial charge on any atom is 0.416 e. The molecule has 2 aromatic heterocycles. The lowest BCUT2D eigenvalue weighted by Crippen LogP contribution is -2.16. The van der Waals surface area contributed by atoms with Gasteiger partial charge in [-0.15, -0.1) is 10.2 Å². The second-order valence-electron chi connectivity index (χ2n) is 7.07. The average Bonchev–Trinajstić information content (AvgIpc) is 3.41. The van der Waals surface area contributed by atoms with Crippen LogP contribution < -0.4 is 10.1 Å². The molecule has 0 saturated heterocycles. The predicted molar refractivity (Wildman–Crippen MR) is 123 cm³/mol. The van der Waals surface area contributed by atoms with E-state index in [9.17, 15) is 18.0 Å². The van der Waals surface area contributed by atoms with Crippen LogP contribution in [0.25, 0.3) is 22.6 Å². The number of hydrogen-bond donors (Lipinski definition) is 1. The summed E-state index contributed by atoms with van der Waals surface area (Å²) < 4.78 is 51.9. The van der Waals surface area contributed by atoms with Gasteiger partial charge in [0.05, 0.1) is 29.1 Å². The summed E-state index contributed by atoms with van der Waals surface area (Å²) in [6.45, 7) is 2.39. The number of para-hydroxylation sites is 1. The lowest BCUT2D eigenvalue weighted by molar-refractivity contribution is -0.137. The van der Waals surface area contributed by atoms with Crippen LogP contribution >= 0.6 is 23.4 Å². The zero-order valence-corrected chi connectivity index (χ0v) is 19.5. The van der Waals surface area contributed by atoms with Crippen molar-refractivity contribution >= 4 is 45.9 Å². The summed E-state index contributed by atoms with van der Waals surface area (Å²) >= 11 is 7.04. The molecule has 4 aromatic rings. The van der Waals surface area contributed by atoms with Crippen LogP contribution in [-0.2, 0) is 17.5 Å². The third-order valence-electron chi connectivity index (χ3n) is 4.88. The highest BCUT2D eigenvalue weighted by atomic mass is 35.5. The number of rotatable bonds is 7. The molecular weight excluding hydrogens is 493 g/mol. The van der Waals surface area contributed by atoms with Crippen LogP contribution in [-0.4, -0.2) is 33.5 Å². The number of halogens is 4. The van der Waals surface area contributed by atoms with Gasteiger partial charge in [-0.05, 0) is 37.3 Å². The minimum absolute atomic E-state index is 0.00525. The second kappa shape index (κ2) is 9.59. The zero-order valence-electron chi connectivity index (χ0n) is 17.9. The van der Waals surface area contributed by atoms with Crippen molar-refractivity contribution in [3.8, 4) is 17.3 Å². The molecule has 12 heteroatoms. The van der Waals surface area contributed by atoms with Crippen LogP contribution in [0, 0.1) is 0 Å². The fraction of sp³-hybridized carbons (Fsp3) is 0.227. The number of thioether (sulfide) groups is 1. The summed E-state index contributed by atoms with van der Waals surface area (Å²) in [7, 11) is 1.55. The zero-order chi connectivity index (χ0) is 24.5. The first-order chi connectivity index (χ1) is 16.2. The highest BCUT2D eigenvalue weighted by Gasteiger charge is 2.31. The van der Waals surface area contributed by atoms with Crippen LogP contribution in [0.15, 0.2) is 52.0 Å². The first-order valence-corrected chi connectivity index (χ1v) is 11.4. The Kier molecular flexibility index (Phi) is 6.76. The lowest BCUT2D eigenvalue weighted by atomic mass is 10.2. The number of nitrogens with zero attached hydrogens (tertiary/aromatic N) is 3. The van der Waals surface area contributed by atoms with Gasteiger partial charge in [0.1, 0.15) is 0 Å². The van der Waals surface area contributed by atoms with Gasteiger partial charge in [0, 0.05) is 11.9 Å². The smallest absolute Gasteiger partial charge is 0.416 e. The predicted octanol–water partition coefficient (Wildman–Crippen LogP) is 6.12. The Hall–Kier alpha value is -3.18. The molecule has 7 nitrogen and oxygen atoms in total. The van der Waals surface area contributed by atoms with Crippen molar-refractivity contribution in [2.45, 2.75) is 24.8 Å². The molecule has 1 N–H and O–H groups in total. The molecule has 1 amide bonds. The van der Waals surface area contributed by atoms with Crippen molar-refractivity contribution < 1.29 is 27.1 Å². The number of alkyl halides is 3. The van der Waals surface area contributed by atoms with Gasteiger partial charge in [0.2, 0.25) is 11.7 Å². The van der Waals surface area contributed by atoms with Crippen LogP contribution in [0.1, 0.15) is 12.5 Å². The number of ether oxygens (including phenoxy) is 1. The summed E-state index contributed by atoms with van der Waals surface area (Å²) in [6.07, 6.45) is -4.55. The molecule has 0 fully saturated rings. The van der Waals surface area contributed by atoms with Gasteiger partial charge < -0.3 is 14.5 Å². The van der Waals surface area contributed by atoms with Gasteiger partial charge in [-0.3, -0.25) is 9.36 Å². The Labute approximate surface area is 201 Å². The van der Waals surface area contributed by atoms with E-state index in [1.165, 1.54) is 0 Å². The molecule has 0 radical (unpaired) electrons. The van der Waals surface area contributed by atoms with E-state index in [2.05, 4.69) is 15.5 Å². The lowest BCUT2D eigenvalue weighted by Gasteiger charge is -2.11. The molecule has 0 aliphatic carbocycles. The fourth-order valence-corrected chi connectivity index (χ4v) is 4.25. The average molecular weight is 511 g/mol. The van der Waals surface area contributed by atoms with Gasteiger partial charge >= 0.3 is 6.18 Å². The summed E-state index contributed by atoms with van der Waals surface area (Å²) in [5.74, 6) is 0.904.